The lowest BCUT2D eigenvalue weighted by atomic mass is 10.3. The van der Waals surface area contributed by atoms with E-state index < -0.39 is 0 Å². The number of nitrogens with zero attached hydrogens (tertiary/aromatic N) is 1. The van der Waals surface area contributed by atoms with Crippen LogP contribution in [0.5, 0.6) is 0 Å². The zero-order valence-electron chi connectivity index (χ0n) is 9.69. The van der Waals surface area contributed by atoms with Crippen LogP contribution in [0.4, 0.5) is 0 Å². The first-order valence-corrected chi connectivity index (χ1v) is 6.46. The Morgan fingerprint density at radius 3 is 3.12 bits per heavy atom. The van der Waals surface area contributed by atoms with E-state index in [0.29, 0.717) is 12.2 Å². The molecule has 0 radical (unpaired) electrons. The van der Waals surface area contributed by atoms with Gasteiger partial charge in [0.25, 0.3) is 5.91 Å². The Morgan fingerprint density at radius 1 is 1.59 bits per heavy atom. The monoisotopic (exact) mass is 249 g/mol. The van der Waals surface area contributed by atoms with Crippen LogP contribution in [0.2, 0.25) is 0 Å². The molecule has 4 nitrogen and oxygen atoms in total. The maximum atomic E-state index is 11.6. The molecule has 0 aromatic carbocycles. The summed E-state index contributed by atoms with van der Waals surface area (Å²) in [6.07, 6.45) is 3.58. The molecule has 0 spiro atoms. The molecule has 0 aliphatic carbocycles. The van der Waals surface area contributed by atoms with Crippen LogP contribution < -0.4 is 5.32 Å². The highest BCUT2D eigenvalue weighted by Crippen LogP contribution is 2.10. The molecule has 1 amide bonds. The van der Waals surface area contributed by atoms with E-state index in [1.807, 2.05) is 18.4 Å². The number of carbonyl (C=O) groups excluding carboxylic acids is 1. The van der Waals surface area contributed by atoms with Crippen LogP contribution in [0.1, 0.15) is 27.6 Å². The largest absolute Gasteiger partial charge is 0.357 e. The van der Waals surface area contributed by atoms with Crippen LogP contribution >= 0.6 is 11.3 Å². The fourth-order valence-electron chi connectivity index (χ4n) is 1.53. The summed E-state index contributed by atoms with van der Waals surface area (Å²) in [5, 5.41) is 6.05. The molecule has 0 bridgehead atoms. The molecule has 2 aromatic heterocycles. The lowest BCUT2D eigenvalue weighted by molar-refractivity contribution is 0.0949. The van der Waals surface area contributed by atoms with Crippen molar-refractivity contribution in [2.45, 2.75) is 19.8 Å². The fraction of sp³-hybridized carbons (Fsp3) is 0.333. The van der Waals surface area contributed by atoms with Gasteiger partial charge in [-0.25, -0.2) is 4.98 Å². The summed E-state index contributed by atoms with van der Waals surface area (Å²) in [6, 6.07) is 3.58. The van der Waals surface area contributed by atoms with Gasteiger partial charge in [-0.2, -0.15) is 0 Å². The lowest BCUT2D eigenvalue weighted by Crippen LogP contribution is -2.24. The Balaban J connectivity index is 1.68. The molecule has 2 aromatic rings. The number of carbonyl (C=O) groups is 1. The zero-order valence-corrected chi connectivity index (χ0v) is 10.5. The molecular weight excluding hydrogens is 234 g/mol. The van der Waals surface area contributed by atoms with Crippen molar-refractivity contribution < 1.29 is 4.79 Å². The predicted octanol–water partition coefficient (Wildman–Crippen LogP) is 2.14. The van der Waals surface area contributed by atoms with Crippen molar-refractivity contribution in [3.63, 3.8) is 0 Å². The van der Waals surface area contributed by atoms with Crippen molar-refractivity contribution in [3.05, 3.63) is 40.1 Å². The molecule has 2 rings (SSSR count). The van der Waals surface area contributed by atoms with Gasteiger partial charge in [0, 0.05) is 30.2 Å². The smallest absolute Gasteiger partial charge is 0.267 e. The van der Waals surface area contributed by atoms with Crippen molar-refractivity contribution in [2.75, 3.05) is 6.54 Å². The number of amides is 1. The number of thiazole rings is 1. The van der Waals surface area contributed by atoms with Crippen LogP contribution in [-0.4, -0.2) is 22.4 Å². The quantitative estimate of drug-likeness (QED) is 0.798. The van der Waals surface area contributed by atoms with Crippen LogP contribution in [0.25, 0.3) is 0 Å². The summed E-state index contributed by atoms with van der Waals surface area (Å²) < 4.78 is 0. The number of hydrogen-bond donors (Lipinski definition) is 2. The van der Waals surface area contributed by atoms with Gasteiger partial charge in [-0.05, 0) is 25.5 Å². The third-order valence-corrected chi connectivity index (χ3v) is 3.39. The summed E-state index contributed by atoms with van der Waals surface area (Å²) in [4.78, 5) is 18.8. The number of aromatic nitrogens is 2. The first-order valence-electron chi connectivity index (χ1n) is 5.58. The number of nitrogens with one attached hydrogen (secondary N) is 2. The summed E-state index contributed by atoms with van der Waals surface area (Å²) in [7, 11) is 0. The van der Waals surface area contributed by atoms with Gasteiger partial charge in [-0.15, -0.1) is 11.3 Å². The Kier molecular flexibility index (Phi) is 3.93. The molecule has 0 fully saturated rings. The van der Waals surface area contributed by atoms with E-state index in [1.54, 1.807) is 23.6 Å². The Bertz CT molecular complexity index is 476. The van der Waals surface area contributed by atoms with Gasteiger partial charge >= 0.3 is 0 Å². The highest BCUT2D eigenvalue weighted by Gasteiger charge is 2.04. The minimum Gasteiger partial charge on any atom is -0.357 e. The van der Waals surface area contributed by atoms with Gasteiger partial charge in [-0.3, -0.25) is 4.79 Å². The average Bonchev–Trinajstić information content (AvgIpc) is 2.95. The SMILES string of the molecule is Cc1csc(CCCNC(=O)c2ccc[nH]2)n1. The number of hydrogen-bond acceptors (Lipinski definition) is 3. The van der Waals surface area contributed by atoms with Crippen molar-refractivity contribution in [1.82, 2.24) is 15.3 Å². The first kappa shape index (κ1) is 11.9. The first-order chi connectivity index (χ1) is 8.25. The van der Waals surface area contributed by atoms with Crippen molar-refractivity contribution in [2.24, 2.45) is 0 Å². The molecular formula is C12H15N3OS. The minimum atomic E-state index is -0.0506. The van der Waals surface area contributed by atoms with E-state index in [9.17, 15) is 4.79 Å². The number of rotatable bonds is 5. The normalized spacial score (nSPS) is 10.4. The molecule has 0 aliphatic rings. The van der Waals surface area contributed by atoms with E-state index >= 15 is 0 Å². The van der Waals surface area contributed by atoms with E-state index in [-0.39, 0.29) is 5.91 Å². The van der Waals surface area contributed by atoms with Crippen LogP contribution in [0, 0.1) is 6.92 Å². The molecule has 17 heavy (non-hydrogen) atoms. The second-order valence-corrected chi connectivity index (χ2v) is 4.77. The summed E-state index contributed by atoms with van der Waals surface area (Å²) in [6.45, 7) is 2.67. The van der Waals surface area contributed by atoms with E-state index in [2.05, 4.69) is 15.3 Å². The molecule has 0 unspecified atom stereocenters. The maximum Gasteiger partial charge on any atom is 0.267 e. The Labute approximate surface area is 104 Å². The van der Waals surface area contributed by atoms with Gasteiger partial charge in [0.2, 0.25) is 0 Å². The minimum absolute atomic E-state index is 0.0506. The van der Waals surface area contributed by atoms with E-state index in [0.717, 1.165) is 23.5 Å². The Hall–Kier alpha value is -1.62. The molecule has 90 valence electrons. The second-order valence-electron chi connectivity index (χ2n) is 3.83. The molecule has 2 N–H and O–H groups in total. The highest BCUT2D eigenvalue weighted by atomic mass is 32.1. The highest BCUT2D eigenvalue weighted by molar-refractivity contribution is 7.09. The maximum absolute atomic E-state index is 11.6. The third kappa shape index (κ3) is 3.42. The molecule has 0 saturated carbocycles. The fourth-order valence-corrected chi connectivity index (χ4v) is 2.34. The topological polar surface area (TPSA) is 57.8 Å². The van der Waals surface area contributed by atoms with Gasteiger partial charge in [0.1, 0.15) is 5.69 Å². The van der Waals surface area contributed by atoms with Gasteiger partial charge in [0.05, 0.1) is 5.01 Å². The van der Waals surface area contributed by atoms with Crippen LogP contribution in [0.15, 0.2) is 23.7 Å². The van der Waals surface area contributed by atoms with Crippen molar-refractivity contribution >= 4 is 17.2 Å². The zero-order chi connectivity index (χ0) is 12.1. The molecule has 0 saturated heterocycles. The van der Waals surface area contributed by atoms with Crippen molar-refractivity contribution in [1.29, 1.82) is 0 Å². The van der Waals surface area contributed by atoms with Crippen LogP contribution in [-0.2, 0) is 6.42 Å². The third-order valence-electron chi connectivity index (χ3n) is 2.36. The van der Waals surface area contributed by atoms with Crippen molar-refractivity contribution in [3.8, 4) is 0 Å². The predicted molar refractivity (Wildman–Crippen MR) is 68.3 cm³/mol. The number of aryl methyl sites for hydroxylation is 2. The average molecular weight is 249 g/mol. The number of H-pyrrole nitrogens is 1. The summed E-state index contributed by atoms with van der Waals surface area (Å²) in [5.74, 6) is -0.0506. The van der Waals surface area contributed by atoms with Gasteiger partial charge in [0.15, 0.2) is 0 Å². The van der Waals surface area contributed by atoms with Crippen LogP contribution in [0.3, 0.4) is 0 Å². The number of aromatic amines is 1. The molecule has 2 heterocycles. The van der Waals surface area contributed by atoms with E-state index in [4.69, 9.17) is 0 Å². The standard InChI is InChI=1S/C12H15N3OS/c1-9-8-17-11(15-9)5-3-7-14-12(16)10-4-2-6-13-10/h2,4,6,8,13H,3,5,7H2,1H3,(H,14,16). The lowest BCUT2D eigenvalue weighted by Gasteiger charge is -2.02. The van der Waals surface area contributed by atoms with Gasteiger partial charge in [-0.1, -0.05) is 0 Å². The molecule has 5 heteroatoms. The summed E-state index contributed by atoms with van der Waals surface area (Å²) in [5.41, 5.74) is 1.68. The molecule has 0 aliphatic heterocycles. The Morgan fingerprint density at radius 2 is 2.47 bits per heavy atom. The second kappa shape index (κ2) is 5.63. The summed E-state index contributed by atoms with van der Waals surface area (Å²) >= 11 is 1.68. The van der Waals surface area contributed by atoms with Gasteiger partial charge < -0.3 is 10.3 Å². The molecule has 0 atom stereocenters. The van der Waals surface area contributed by atoms with E-state index in [1.165, 1.54) is 0 Å².